The van der Waals surface area contributed by atoms with Gasteiger partial charge in [0.1, 0.15) is 17.7 Å². The fraction of sp³-hybridized carbons (Fsp3) is 0.409. The van der Waals surface area contributed by atoms with E-state index in [2.05, 4.69) is 15.4 Å². The molecule has 3 aliphatic heterocycles. The molecule has 7 nitrogen and oxygen atoms in total. The quantitative estimate of drug-likeness (QED) is 0.650. The molecule has 0 radical (unpaired) electrons. The zero-order valence-electron chi connectivity index (χ0n) is 17.0. The monoisotopic (exact) mass is 459 g/mol. The Morgan fingerprint density at radius 1 is 1.28 bits per heavy atom. The van der Waals surface area contributed by atoms with Crippen molar-refractivity contribution in [3.05, 3.63) is 58.3 Å². The van der Waals surface area contributed by atoms with Crippen LogP contribution in [0.25, 0.3) is 5.65 Å². The smallest absolute Gasteiger partial charge is 0.258 e. The molecule has 2 saturated heterocycles. The van der Waals surface area contributed by atoms with Crippen molar-refractivity contribution in [3.8, 4) is 5.75 Å². The van der Waals surface area contributed by atoms with Crippen LogP contribution in [0.3, 0.4) is 0 Å². The van der Waals surface area contributed by atoms with Gasteiger partial charge in [-0.15, -0.1) is 0 Å². The molecular formula is C22H20ClF2N5O2. The lowest BCUT2D eigenvalue weighted by molar-refractivity contribution is 0.0439. The Bertz CT molecular complexity index is 1230. The molecular weight excluding hydrogens is 440 g/mol. The van der Waals surface area contributed by atoms with Crippen LogP contribution in [-0.4, -0.2) is 49.8 Å². The van der Waals surface area contributed by atoms with E-state index in [1.165, 1.54) is 24.4 Å². The van der Waals surface area contributed by atoms with Crippen LogP contribution in [-0.2, 0) is 13.1 Å². The first-order chi connectivity index (χ1) is 15.5. The summed E-state index contributed by atoms with van der Waals surface area (Å²) in [4.78, 5) is 19.3. The van der Waals surface area contributed by atoms with Gasteiger partial charge in [-0.2, -0.15) is 5.10 Å². The molecule has 2 fully saturated rings. The van der Waals surface area contributed by atoms with Gasteiger partial charge in [-0.3, -0.25) is 4.79 Å². The number of carbonyl (C=O) groups is 1. The molecule has 3 aromatic rings. The van der Waals surface area contributed by atoms with Crippen LogP contribution in [0.2, 0.25) is 5.02 Å². The zero-order valence-corrected chi connectivity index (χ0v) is 17.7. The molecule has 2 bridgehead atoms. The third-order valence-electron chi connectivity index (χ3n) is 6.58. The predicted octanol–water partition coefficient (Wildman–Crippen LogP) is 3.29. The second-order valence-electron chi connectivity index (χ2n) is 8.65. The molecule has 1 aromatic carbocycles. The van der Waals surface area contributed by atoms with E-state index in [1.54, 1.807) is 15.6 Å². The number of amides is 1. The second kappa shape index (κ2) is 7.38. The molecule has 10 heteroatoms. The summed E-state index contributed by atoms with van der Waals surface area (Å²) in [7, 11) is 0. The van der Waals surface area contributed by atoms with E-state index >= 15 is 0 Å². The molecule has 0 aliphatic carbocycles. The van der Waals surface area contributed by atoms with Gasteiger partial charge >= 0.3 is 0 Å². The first-order valence-corrected chi connectivity index (χ1v) is 11.0. The van der Waals surface area contributed by atoms with Crippen LogP contribution in [0, 0.1) is 5.82 Å². The minimum atomic E-state index is -1.21. The Balaban J connectivity index is 1.26. The number of carbonyl (C=O) groups excluding carboxylic acids is 1. The number of fused-ring (bicyclic) bond motifs is 5. The summed E-state index contributed by atoms with van der Waals surface area (Å²) >= 11 is 5.98. The number of hydrogen-bond donors (Lipinski definition) is 1. The maximum Gasteiger partial charge on any atom is 0.258 e. The summed E-state index contributed by atoms with van der Waals surface area (Å²) in [6, 6.07) is 3.72. The van der Waals surface area contributed by atoms with Gasteiger partial charge in [-0.05, 0) is 25.0 Å². The van der Waals surface area contributed by atoms with E-state index in [0.29, 0.717) is 23.6 Å². The van der Waals surface area contributed by atoms with Gasteiger partial charge in [-0.25, -0.2) is 18.3 Å². The Hall–Kier alpha value is -2.78. The van der Waals surface area contributed by atoms with Crippen molar-refractivity contribution in [1.29, 1.82) is 0 Å². The summed E-state index contributed by atoms with van der Waals surface area (Å²) < 4.78 is 36.4. The van der Waals surface area contributed by atoms with Crippen molar-refractivity contribution in [2.24, 2.45) is 0 Å². The third kappa shape index (κ3) is 3.22. The molecule has 2 unspecified atom stereocenters. The highest BCUT2D eigenvalue weighted by Crippen LogP contribution is 2.34. The van der Waals surface area contributed by atoms with Crippen LogP contribution in [0.15, 0.2) is 30.6 Å². The summed E-state index contributed by atoms with van der Waals surface area (Å²) in [5, 5.41) is 8.19. The topological polar surface area (TPSA) is 71.8 Å². The van der Waals surface area contributed by atoms with E-state index in [-0.39, 0.29) is 35.8 Å². The Morgan fingerprint density at radius 3 is 3.03 bits per heavy atom. The maximum absolute atomic E-state index is 14.9. The Morgan fingerprint density at radius 2 is 2.16 bits per heavy atom. The number of nitrogens with one attached hydrogen (secondary N) is 1. The molecule has 6 rings (SSSR count). The Labute approximate surface area is 187 Å². The van der Waals surface area contributed by atoms with Crippen molar-refractivity contribution in [2.75, 3.05) is 0 Å². The Kier molecular flexibility index (Phi) is 4.58. The number of benzene rings is 1. The number of rotatable bonds is 3. The number of hydrogen-bond acceptors (Lipinski definition) is 5. The molecule has 1 N–H and O–H groups in total. The molecule has 3 aliphatic rings. The number of piperidine rings is 1. The largest absolute Gasteiger partial charge is 0.486 e. The number of halogens is 3. The molecule has 4 atom stereocenters. The van der Waals surface area contributed by atoms with E-state index in [9.17, 15) is 13.6 Å². The SMILES string of the molecule is O=C(c1ccc(F)cc1O[C@H]1CC2CCC(N2)[C@@H]1F)N1Cc2nn3cc(Cl)cnc3c2C1. The number of alkyl halides is 1. The second-order valence-corrected chi connectivity index (χ2v) is 9.09. The summed E-state index contributed by atoms with van der Waals surface area (Å²) in [6.45, 7) is 0.599. The van der Waals surface area contributed by atoms with Gasteiger partial charge in [0.25, 0.3) is 5.91 Å². The highest BCUT2D eigenvalue weighted by atomic mass is 35.5. The van der Waals surface area contributed by atoms with Crippen LogP contribution in [0.5, 0.6) is 5.75 Å². The number of nitrogens with zero attached hydrogens (tertiary/aromatic N) is 4. The molecule has 0 saturated carbocycles. The molecule has 2 aromatic heterocycles. The lowest BCUT2D eigenvalue weighted by Gasteiger charge is -2.33. The van der Waals surface area contributed by atoms with E-state index in [1.807, 2.05) is 0 Å². The van der Waals surface area contributed by atoms with Gasteiger partial charge in [0, 0.05) is 36.3 Å². The standard InChI is InChI=1S/C22H20ClF2N5O2/c23-11-7-26-21-15-9-29(10-17(15)28-30(21)8-11)22(31)14-3-1-12(24)5-18(14)32-19-6-13-2-4-16(27-13)20(19)25/h1,3,5,7-8,13,16,19-20,27H,2,4,6,9-10H2/t13?,16?,19-,20-/m0/s1. The highest BCUT2D eigenvalue weighted by molar-refractivity contribution is 6.30. The van der Waals surface area contributed by atoms with Crippen LogP contribution >= 0.6 is 11.6 Å². The fourth-order valence-electron chi connectivity index (χ4n) is 5.04. The van der Waals surface area contributed by atoms with Gasteiger partial charge in [0.05, 0.1) is 35.6 Å². The average Bonchev–Trinajstić information content (AvgIpc) is 3.44. The molecule has 32 heavy (non-hydrogen) atoms. The lowest BCUT2D eigenvalue weighted by Crippen LogP contribution is -2.51. The van der Waals surface area contributed by atoms with Crippen LogP contribution in [0.1, 0.15) is 40.9 Å². The zero-order chi connectivity index (χ0) is 22.0. The van der Waals surface area contributed by atoms with Crippen LogP contribution < -0.4 is 10.1 Å². The van der Waals surface area contributed by atoms with Crippen molar-refractivity contribution >= 4 is 23.2 Å². The lowest BCUT2D eigenvalue weighted by atomic mass is 10.00. The van der Waals surface area contributed by atoms with E-state index in [0.717, 1.165) is 24.1 Å². The minimum absolute atomic E-state index is 0.0765. The van der Waals surface area contributed by atoms with Gasteiger partial charge in [0.15, 0.2) is 11.8 Å². The molecule has 1 amide bonds. The first kappa shape index (κ1) is 19.9. The van der Waals surface area contributed by atoms with Crippen LogP contribution in [0.4, 0.5) is 8.78 Å². The van der Waals surface area contributed by atoms with Crippen molar-refractivity contribution < 1.29 is 18.3 Å². The van der Waals surface area contributed by atoms with Crippen molar-refractivity contribution in [3.63, 3.8) is 0 Å². The minimum Gasteiger partial charge on any atom is -0.486 e. The number of ether oxygens (including phenoxy) is 1. The molecule has 0 spiro atoms. The predicted molar refractivity (Wildman–Crippen MR) is 112 cm³/mol. The van der Waals surface area contributed by atoms with Gasteiger partial charge < -0.3 is 15.0 Å². The van der Waals surface area contributed by atoms with E-state index < -0.39 is 18.1 Å². The first-order valence-electron chi connectivity index (χ1n) is 10.6. The summed E-state index contributed by atoms with van der Waals surface area (Å²) in [5.41, 5.74) is 2.43. The number of aromatic nitrogens is 3. The summed E-state index contributed by atoms with van der Waals surface area (Å²) in [5.74, 6) is -0.780. The normalized spacial score (nSPS) is 26.5. The molecule has 166 valence electrons. The van der Waals surface area contributed by atoms with Crippen molar-refractivity contribution in [1.82, 2.24) is 24.8 Å². The third-order valence-corrected chi connectivity index (χ3v) is 6.78. The average molecular weight is 460 g/mol. The van der Waals surface area contributed by atoms with E-state index in [4.69, 9.17) is 16.3 Å². The summed E-state index contributed by atoms with van der Waals surface area (Å²) in [6.07, 6.45) is 3.43. The fourth-order valence-corrected chi connectivity index (χ4v) is 5.18. The maximum atomic E-state index is 14.9. The van der Waals surface area contributed by atoms with Gasteiger partial charge in [-0.1, -0.05) is 11.6 Å². The highest BCUT2D eigenvalue weighted by Gasteiger charge is 2.43. The van der Waals surface area contributed by atoms with Crippen molar-refractivity contribution in [2.45, 2.75) is 56.7 Å². The molecule has 5 heterocycles. The van der Waals surface area contributed by atoms with Gasteiger partial charge in [0.2, 0.25) is 0 Å².